The van der Waals surface area contributed by atoms with Gasteiger partial charge in [0.15, 0.2) is 0 Å². The summed E-state index contributed by atoms with van der Waals surface area (Å²) in [5.74, 6) is 0.0300. The first kappa shape index (κ1) is 25.2. The van der Waals surface area contributed by atoms with E-state index in [1.54, 1.807) is 30.6 Å². The summed E-state index contributed by atoms with van der Waals surface area (Å²) in [6, 6.07) is 14.3. The molecule has 2 aromatic carbocycles. The van der Waals surface area contributed by atoms with Gasteiger partial charge in [-0.2, -0.15) is 0 Å². The molecule has 4 aromatic rings. The van der Waals surface area contributed by atoms with Gasteiger partial charge in [-0.1, -0.05) is 24.8 Å². The number of alkyl halides is 1. The Bertz CT molecular complexity index is 1470. The number of carbonyl (C=O) groups is 1. The summed E-state index contributed by atoms with van der Waals surface area (Å²) in [6.45, 7) is 6.21. The minimum atomic E-state index is -0.370. The Morgan fingerprint density at radius 2 is 1.92 bits per heavy atom. The molecule has 8 nitrogen and oxygen atoms in total. The van der Waals surface area contributed by atoms with Gasteiger partial charge in [-0.15, -0.1) is 0 Å². The number of rotatable bonds is 8. The van der Waals surface area contributed by atoms with Gasteiger partial charge in [0.1, 0.15) is 18.3 Å². The molecule has 2 N–H and O–H groups in total. The molecule has 1 fully saturated rings. The summed E-state index contributed by atoms with van der Waals surface area (Å²) in [5.41, 5.74) is 3.39. The molecule has 1 aliphatic rings. The SMILES string of the molecule is C=CC(=O)Nc1cc(-c2cccc3cnc(Nc4ccc(N5CCN(CCF)CC5)c(F)c4)nc23)ccn1. The highest BCUT2D eigenvalue weighted by Gasteiger charge is 2.19. The Morgan fingerprint density at radius 1 is 1.08 bits per heavy atom. The molecule has 3 heterocycles. The topological polar surface area (TPSA) is 86.3 Å². The molecule has 10 heteroatoms. The summed E-state index contributed by atoms with van der Waals surface area (Å²) >= 11 is 0. The fourth-order valence-electron chi connectivity index (χ4n) is 4.49. The number of nitrogens with one attached hydrogen (secondary N) is 2. The second-order valence-corrected chi connectivity index (χ2v) is 8.87. The van der Waals surface area contributed by atoms with Gasteiger partial charge in [-0.3, -0.25) is 9.69 Å². The molecular weight excluding hydrogens is 488 g/mol. The molecule has 5 rings (SSSR count). The number of pyridine rings is 1. The molecule has 0 atom stereocenters. The van der Waals surface area contributed by atoms with Gasteiger partial charge in [-0.25, -0.2) is 23.7 Å². The number of para-hydroxylation sites is 1. The van der Waals surface area contributed by atoms with Gasteiger partial charge in [-0.05, 0) is 42.0 Å². The average Bonchev–Trinajstić information content (AvgIpc) is 2.93. The third-order valence-corrected chi connectivity index (χ3v) is 6.44. The standard InChI is InChI=1S/C28H27F2N7O/c1-2-26(38)34-25-16-19(8-10-31-25)22-5-3-4-20-18-32-28(35-27(20)22)33-21-6-7-24(23(30)17-21)37-14-12-36(11-9-29)13-15-37/h2-8,10,16-18H,1,9,11-15H2,(H,31,34,38)(H,32,33,35). The van der Waals surface area contributed by atoms with Crippen LogP contribution >= 0.6 is 0 Å². The summed E-state index contributed by atoms with van der Waals surface area (Å²) in [6.07, 6.45) is 4.50. The lowest BCUT2D eigenvalue weighted by molar-refractivity contribution is -0.111. The van der Waals surface area contributed by atoms with Crippen molar-refractivity contribution in [2.45, 2.75) is 0 Å². The first-order chi connectivity index (χ1) is 18.5. The Labute approximate surface area is 219 Å². The summed E-state index contributed by atoms with van der Waals surface area (Å²) in [7, 11) is 0. The van der Waals surface area contributed by atoms with Crippen LogP contribution in [0, 0.1) is 5.82 Å². The number of aromatic nitrogens is 3. The van der Waals surface area contributed by atoms with E-state index in [9.17, 15) is 9.18 Å². The molecule has 194 valence electrons. The fraction of sp³-hybridized carbons (Fsp3) is 0.214. The van der Waals surface area contributed by atoms with Crippen molar-refractivity contribution < 1.29 is 13.6 Å². The Hall–Kier alpha value is -4.44. The molecule has 1 saturated heterocycles. The van der Waals surface area contributed by atoms with Crippen molar-refractivity contribution in [3.63, 3.8) is 0 Å². The number of piperazine rings is 1. The predicted octanol–water partition coefficient (Wildman–Crippen LogP) is 4.79. The van der Waals surface area contributed by atoms with Crippen molar-refractivity contribution in [2.24, 2.45) is 0 Å². The van der Waals surface area contributed by atoms with E-state index in [2.05, 4.69) is 27.2 Å². The van der Waals surface area contributed by atoms with Crippen LogP contribution in [-0.4, -0.2) is 65.2 Å². The van der Waals surface area contributed by atoms with Gasteiger partial charge in [0.05, 0.1) is 11.2 Å². The quantitative estimate of drug-likeness (QED) is 0.326. The zero-order valence-electron chi connectivity index (χ0n) is 20.7. The first-order valence-electron chi connectivity index (χ1n) is 12.3. The molecule has 0 saturated carbocycles. The molecule has 0 aliphatic carbocycles. The van der Waals surface area contributed by atoms with Crippen molar-refractivity contribution >= 4 is 40.0 Å². The van der Waals surface area contributed by atoms with E-state index >= 15 is 4.39 Å². The second kappa shape index (κ2) is 11.3. The summed E-state index contributed by atoms with van der Waals surface area (Å²) in [4.78, 5) is 29.0. The second-order valence-electron chi connectivity index (χ2n) is 8.87. The number of nitrogens with zero attached hydrogens (tertiary/aromatic N) is 5. The lowest BCUT2D eigenvalue weighted by Gasteiger charge is -2.35. The number of hydrogen-bond donors (Lipinski definition) is 2. The Morgan fingerprint density at radius 3 is 2.68 bits per heavy atom. The van der Waals surface area contributed by atoms with Gasteiger partial charge in [0, 0.05) is 61.8 Å². The number of benzene rings is 2. The highest BCUT2D eigenvalue weighted by molar-refractivity contribution is 5.99. The van der Waals surface area contributed by atoms with Crippen LogP contribution in [0.2, 0.25) is 0 Å². The number of halogens is 2. The van der Waals surface area contributed by atoms with Crippen molar-refractivity contribution in [1.82, 2.24) is 19.9 Å². The predicted molar refractivity (Wildman–Crippen MR) is 146 cm³/mol. The molecule has 0 unspecified atom stereocenters. The van der Waals surface area contributed by atoms with Gasteiger partial charge in [0.25, 0.3) is 0 Å². The number of fused-ring (bicyclic) bond motifs is 1. The smallest absolute Gasteiger partial charge is 0.248 e. The van der Waals surface area contributed by atoms with Crippen LogP contribution in [0.1, 0.15) is 0 Å². The lowest BCUT2D eigenvalue weighted by atomic mass is 10.0. The van der Waals surface area contributed by atoms with Crippen LogP contribution in [0.4, 0.5) is 31.9 Å². The molecule has 2 aromatic heterocycles. The lowest BCUT2D eigenvalue weighted by Crippen LogP contribution is -2.47. The molecule has 1 aliphatic heterocycles. The van der Waals surface area contributed by atoms with Gasteiger partial charge >= 0.3 is 0 Å². The monoisotopic (exact) mass is 515 g/mol. The Kier molecular flexibility index (Phi) is 7.50. The Balaban J connectivity index is 1.37. The first-order valence-corrected chi connectivity index (χ1v) is 12.3. The maximum Gasteiger partial charge on any atom is 0.248 e. The van der Waals surface area contributed by atoms with E-state index < -0.39 is 0 Å². The highest BCUT2D eigenvalue weighted by Crippen LogP contribution is 2.30. The van der Waals surface area contributed by atoms with Crippen LogP contribution in [-0.2, 0) is 4.79 Å². The van der Waals surface area contributed by atoms with Crippen molar-refractivity contribution in [3.05, 3.63) is 79.4 Å². The molecule has 1 amide bonds. The minimum Gasteiger partial charge on any atom is -0.367 e. The molecule has 0 bridgehead atoms. The van der Waals surface area contributed by atoms with E-state index in [1.807, 2.05) is 34.1 Å². The third-order valence-electron chi connectivity index (χ3n) is 6.44. The summed E-state index contributed by atoms with van der Waals surface area (Å²) in [5, 5.41) is 6.60. The van der Waals surface area contributed by atoms with Crippen LogP contribution in [0.5, 0.6) is 0 Å². The largest absolute Gasteiger partial charge is 0.367 e. The minimum absolute atomic E-state index is 0.325. The molecule has 0 radical (unpaired) electrons. The highest BCUT2D eigenvalue weighted by atomic mass is 19.1. The van der Waals surface area contributed by atoms with Crippen LogP contribution in [0.25, 0.3) is 22.0 Å². The third kappa shape index (κ3) is 5.60. The van der Waals surface area contributed by atoms with Gasteiger partial charge in [0.2, 0.25) is 11.9 Å². The zero-order valence-corrected chi connectivity index (χ0v) is 20.7. The van der Waals surface area contributed by atoms with E-state index in [1.165, 1.54) is 12.1 Å². The maximum atomic E-state index is 15.0. The number of carbonyl (C=O) groups excluding carboxylic acids is 1. The average molecular weight is 516 g/mol. The van der Waals surface area contributed by atoms with Crippen LogP contribution in [0.15, 0.2) is 73.6 Å². The normalized spacial score (nSPS) is 13.9. The number of hydrogen-bond acceptors (Lipinski definition) is 7. The number of amides is 1. The van der Waals surface area contributed by atoms with E-state index in [0.717, 1.165) is 16.5 Å². The fourth-order valence-corrected chi connectivity index (χ4v) is 4.49. The van der Waals surface area contributed by atoms with E-state index in [4.69, 9.17) is 4.98 Å². The number of anilines is 4. The van der Waals surface area contributed by atoms with E-state index in [0.29, 0.717) is 61.4 Å². The zero-order chi connectivity index (χ0) is 26.5. The van der Waals surface area contributed by atoms with Gasteiger partial charge < -0.3 is 15.5 Å². The van der Waals surface area contributed by atoms with Crippen molar-refractivity contribution in [2.75, 3.05) is 54.9 Å². The van der Waals surface area contributed by atoms with Crippen LogP contribution in [0.3, 0.4) is 0 Å². The molecular formula is C28H27F2N7O. The summed E-state index contributed by atoms with van der Waals surface area (Å²) < 4.78 is 27.6. The van der Waals surface area contributed by atoms with Crippen LogP contribution < -0.4 is 15.5 Å². The van der Waals surface area contributed by atoms with E-state index in [-0.39, 0.29) is 18.4 Å². The maximum absolute atomic E-state index is 15.0. The van der Waals surface area contributed by atoms with Crippen molar-refractivity contribution in [1.29, 1.82) is 0 Å². The van der Waals surface area contributed by atoms with Crippen molar-refractivity contribution in [3.8, 4) is 11.1 Å². The molecule has 38 heavy (non-hydrogen) atoms. The molecule has 0 spiro atoms.